The van der Waals surface area contributed by atoms with E-state index in [1.807, 2.05) is 39.0 Å². The SMILES string of the molecule is CC(C)(C)OC(=O)CCN1CCOC(c2ccc(Cc3c(Cl)cccc3Cl)cc2)C1. The second kappa shape index (κ2) is 10.1. The number of ether oxygens (including phenoxy) is 2. The van der Waals surface area contributed by atoms with Crippen molar-refractivity contribution in [1.29, 1.82) is 0 Å². The van der Waals surface area contributed by atoms with Crippen LogP contribution in [-0.4, -0.2) is 42.7 Å². The fourth-order valence-electron chi connectivity index (χ4n) is 3.50. The first-order valence-electron chi connectivity index (χ1n) is 10.3. The van der Waals surface area contributed by atoms with Crippen molar-refractivity contribution in [3.05, 3.63) is 69.2 Å². The Morgan fingerprint density at radius 1 is 1.13 bits per heavy atom. The molecule has 2 aromatic rings. The summed E-state index contributed by atoms with van der Waals surface area (Å²) in [5.41, 5.74) is 2.77. The van der Waals surface area contributed by atoms with Gasteiger partial charge >= 0.3 is 5.97 Å². The molecule has 1 heterocycles. The predicted molar refractivity (Wildman–Crippen MR) is 121 cm³/mol. The van der Waals surface area contributed by atoms with Crippen LogP contribution < -0.4 is 0 Å². The van der Waals surface area contributed by atoms with Gasteiger partial charge in [0.05, 0.1) is 19.1 Å². The Morgan fingerprint density at radius 2 is 1.80 bits per heavy atom. The topological polar surface area (TPSA) is 38.8 Å². The molecular weight excluding hydrogens is 421 g/mol. The maximum atomic E-state index is 12.0. The summed E-state index contributed by atoms with van der Waals surface area (Å²) in [6.07, 6.45) is 1.07. The third-order valence-corrected chi connectivity index (χ3v) is 5.71. The lowest BCUT2D eigenvalue weighted by atomic mass is 10.0. The molecule has 162 valence electrons. The fourth-order valence-corrected chi connectivity index (χ4v) is 4.04. The monoisotopic (exact) mass is 449 g/mol. The molecule has 1 fully saturated rings. The molecule has 0 bridgehead atoms. The van der Waals surface area contributed by atoms with Gasteiger partial charge in [0.2, 0.25) is 0 Å². The van der Waals surface area contributed by atoms with E-state index in [9.17, 15) is 4.79 Å². The highest BCUT2D eigenvalue weighted by molar-refractivity contribution is 6.36. The summed E-state index contributed by atoms with van der Waals surface area (Å²) < 4.78 is 11.4. The average molecular weight is 450 g/mol. The van der Waals surface area contributed by atoms with E-state index in [2.05, 4.69) is 29.2 Å². The quantitative estimate of drug-likeness (QED) is 0.530. The maximum absolute atomic E-state index is 12.0. The van der Waals surface area contributed by atoms with Gasteiger partial charge in [-0.15, -0.1) is 0 Å². The van der Waals surface area contributed by atoms with Crippen molar-refractivity contribution >= 4 is 29.2 Å². The van der Waals surface area contributed by atoms with Gasteiger partial charge in [0.25, 0.3) is 0 Å². The molecular formula is C24H29Cl2NO3. The van der Waals surface area contributed by atoms with Crippen LogP contribution >= 0.6 is 23.2 Å². The van der Waals surface area contributed by atoms with Crippen LogP contribution in [0.25, 0.3) is 0 Å². The third kappa shape index (κ3) is 6.71. The lowest BCUT2D eigenvalue weighted by Crippen LogP contribution is -2.39. The molecule has 2 aromatic carbocycles. The number of nitrogens with zero attached hydrogens (tertiary/aromatic N) is 1. The zero-order chi connectivity index (χ0) is 21.7. The molecule has 0 N–H and O–H groups in total. The molecule has 1 aliphatic rings. The van der Waals surface area contributed by atoms with Gasteiger partial charge in [-0.2, -0.15) is 0 Å². The molecule has 0 saturated carbocycles. The molecule has 0 amide bonds. The first-order valence-corrected chi connectivity index (χ1v) is 11.0. The van der Waals surface area contributed by atoms with Gasteiger partial charge in [-0.25, -0.2) is 0 Å². The zero-order valence-electron chi connectivity index (χ0n) is 17.8. The van der Waals surface area contributed by atoms with Crippen molar-refractivity contribution in [2.75, 3.05) is 26.2 Å². The number of esters is 1. The molecule has 30 heavy (non-hydrogen) atoms. The van der Waals surface area contributed by atoms with Crippen LogP contribution in [0.3, 0.4) is 0 Å². The number of morpholine rings is 1. The first kappa shape index (κ1) is 23.1. The van der Waals surface area contributed by atoms with Gasteiger partial charge < -0.3 is 9.47 Å². The number of hydrogen-bond acceptors (Lipinski definition) is 4. The summed E-state index contributed by atoms with van der Waals surface area (Å²) in [5.74, 6) is -0.159. The summed E-state index contributed by atoms with van der Waals surface area (Å²) in [7, 11) is 0. The van der Waals surface area contributed by atoms with E-state index in [0.717, 1.165) is 29.8 Å². The van der Waals surface area contributed by atoms with Gasteiger partial charge in [0.15, 0.2) is 0 Å². The fraction of sp³-hybridized carbons (Fsp3) is 0.458. The van der Waals surface area contributed by atoms with E-state index < -0.39 is 5.60 Å². The van der Waals surface area contributed by atoms with Crippen LogP contribution in [0.2, 0.25) is 10.0 Å². The summed E-state index contributed by atoms with van der Waals surface area (Å²) in [5, 5.41) is 1.37. The second-order valence-electron chi connectivity index (χ2n) is 8.62. The standard InChI is InChI=1S/C24H29Cl2NO3/c1-24(2,3)30-23(28)11-12-27-13-14-29-22(16-27)18-9-7-17(8-10-18)15-19-20(25)5-4-6-21(19)26/h4-10,22H,11-16H2,1-3H3. The van der Waals surface area contributed by atoms with E-state index in [1.54, 1.807) is 0 Å². The van der Waals surface area contributed by atoms with Gasteiger partial charge in [-0.3, -0.25) is 9.69 Å². The Hall–Kier alpha value is -1.59. The Morgan fingerprint density at radius 3 is 2.43 bits per heavy atom. The van der Waals surface area contributed by atoms with Crippen LogP contribution in [0.1, 0.15) is 50.0 Å². The molecule has 1 unspecified atom stereocenters. The summed E-state index contributed by atoms with van der Waals surface area (Å²) in [4.78, 5) is 14.2. The molecule has 6 heteroatoms. The Labute approximate surface area is 189 Å². The third-order valence-electron chi connectivity index (χ3n) is 5.00. The molecule has 3 rings (SSSR count). The Kier molecular flexibility index (Phi) is 7.81. The van der Waals surface area contributed by atoms with Crippen molar-refractivity contribution in [2.24, 2.45) is 0 Å². The molecule has 1 atom stereocenters. The highest BCUT2D eigenvalue weighted by atomic mass is 35.5. The summed E-state index contributed by atoms with van der Waals surface area (Å²) >= 11 is 12.6. The zero-order valence-corrected chi connectivity index (χ0v) is 19.3. The van der Waals surface area contributed by atoms with E-state index in [4.69, 9.17) is 32.7 Å². The number of carbonyl (C=O) groups excluding carboxylic acids is 1. The number of hydrogen-bond donors (Lipinski definition) is 0. The number of halogens is 2. The largest absolute Gasteiger partial charge is 0.460 e. The maximum Gasteiger partial charge on any atom is 0.307 e. The van der Waals surface area contributed by atoms with E-state index in [0.29, 0.717) is 36.0 Å². The highest BCUT2D eigenvalue weighted by Gasteiger charge is 2.23. The van der Waals surface area contributed by atoms with Gasteiger partial charge in [0.1, 0.15) is 5.60 Å². The number of rotatable bonds is 6. The lowest BCUT2D eigenvalue weighted by Gasteiger charge is -2.33. The predicted octanol–water partition coefficient (Wildman–Crippen LogP) is 5.69. The normalized spacial score (nSPS) is 17.7. The summed E-state index contributed by atoms with van der Waals surface area (Å²) in [6, 6.07) is 14.0. The lowest BCUT2D eigenvalue weighted by molar-refractivity contribution is -0.155. The second-order valence-corrected chi connectivity index (χ2v) is 9.43. The minimum atomic E-state index is -0.444. The molecule has 0 spiro atoms. The Balaban J connectivity index is 1.56. The average Bonchev–Trinajstić information content (AvgIpc) is 2.69. The Bertz CT molecular complexity index is 841. The molecule has 1 aliphatic heterocycles. The van der Waals surface area contributed by atoms with Crippen molar-refractivity contribution < 1.29 is 14.3 Å². The molecule has 0 aromatic heterocycles. The van der Waals surface area contributed by atoms with Crippen molar-refractivity contribution in [2.45, 2.75) is 45.3 Å². The number of carbonyl (C=O) groups is 1. The van der Waals surface area contributed by atoms with Gasteiger partial charge in [0, 0.05) is 36.1 Å². The molecule has 0 aliphatic carbocycles. The highest BCUT2D eigenvalue weighted by Crippen LogP contribution is 2.28. The molecule has 4 nitrogen and oxygen atoms in total. The van der Waals surface area contributed by atoms with Crippen LogP contribution in [0.15, 0.2) is 42.5 Å². The molecule has 1 saturated heterocycles. The van der Waals surface area contributed by atoms with Gasteiger partial charge in [-0.1, -0.05) is 53.5 Å². The van der Waals surface area contributed by atoms with E-state index in [-0.39, 0.29) is 12.1 Å². The van der Waals surface area contributed by atoms with Crippen molar-refractivity contribution in [3.63, 3.8) is 0 Å². The van der Waals surface area contributed by atoms with Crippen molar-refractivity contribution in [3.8, 4) is 0 Å². The van der Waals surface area contributed by atoms with Crippen LogP contribution in [0.5, 0.6) is 0 Å². The minimum absolute atomic E-state index is 0.00432. The summed E-state index contributed by atoms with van der Waals surface area (Å²) in [6.45, 7) is 8.58. The number of benzene rings is 2. The van der Waals surface area contributed by atoms with Crippen molar-refractivity contribution in [1.82, 2.24) is 4.90 Å². The van der Waals surface area contributed by atoms with Crippen LogP contribution in [-0.2, 0) is 20.7 Å². The van der Waals surface area contributed by atoms with Crippen LogP contribution in [0, 0.1) is 0 Å². The smallest absolute Gasteiger partial charge is 0.307 e. The minimum Gasteiger partial charge on any atom is -0.460 e. The van der Waals surface area contributed by atoms with Crippen LogP contribution in [0.4, 0.5) is 0 Å². The molecule has 0 radical (unpaired) electrons. The van der Waals surface area contributed by atoms with E-state index >= 15 is 0 Å². The van der Waals surface area contributed by atoms with E-state index in [1.165, 1.54) is 0 Å². The first-order chi connectivity index (χ1) is 14.2. The van der Waals surface area contributed by atoms with Gasteiger partial charge in [-0.05, 0) is 49.6 Å².